The Hall–Kier alpha value is -1.95. The molecule has 2 rings (SSSR count). The maximum Gasteiger partial charge on any atom is 0.224 e. The van der Waals surface area contributed by atoms with Crippen LogP contribution in [0, 0.1) is 0 Å². The molecular weight excluding hydrogens is 254 g/mol. The van der Waals surface area contributed by atoms with Gasteiger partial charge in [-0.05, 0) is 20.3 Å². The fourth-order valence-electron chi connectivity index (χ4n) is 1.81. The van der Waals surface area contributed by atoms with Gasteiger partial charge in [0.2, 0.25) is 5.95 Å². The van der Waals surface area contributed by atoms with Crippen molar-refractivity contribution in [3.05, 3.63) is 24.8 Å². The molecule has 6 nitrogen and oxygen atoms in total. The van der Waals surface area contributed by atoms with Crippen LogP contribution in [0.15, 0.2) is 24.8 Å². The van der Waals surface area contributed by atoms with E-state index in [1.807, 2.05) is 29.8 Å². The maximum absolute atomic E-state index is 9.81. The van der Waals surface area contributed by atoms with Crippen molar-refractivity contribution in [3.8, 4) is 11.4 Å². The highest BCUT2D eigenvalue weighted by atomic mass is 16.3. The molecule has 0 saturated carbocycles. The number of imidazole rings is 1. The van der Waals surface area contributed by atoms with E-state index in [-0.39, 0.29) is 0 Å². The number of aromatic nitrogens is 4. The standard InChI is InChI=1S/C14H21N5O/c1-14(2,20)5-7-19-8-6-15-12(19)11-9-16-13(17-10-11)18(3)4/h6,8-10,20H,5,7H2,1-4H3. The molecule has 2 heterocycles. The Bertz CT molecular complexity index is 554. The molecule has 0 aromatic carbocycles. The van der Waals surface area contributed by atoms with Gasteiger partial charge >= 0.3 is 0 Å². The summed E-state index contributed by atoms with van der Waals surface area (Å²) in [5.74, 6) is 1.49. The zero-order chi connectivity index (χ0) is 14.8. The Kier molecular flexibility index (Phi) is 4.04. The summed E-state index contributed by atoms with van der Waals surface area (Å²) in [5, 5.41) is 9.81. The second-order valence-electron chi connectivity index (χ2n) is 5.67. The zero-order valence-corrected chi connectivity index (χ0v) is 12.4. The van der Waals surface area contributed by atoms with E-state index < -0.39 is 5.60 Å². The molecule has 0 spiro atoms. The van der Waals surface area contributed by atoms with E-state index in [9.17, 15) is 5.11 Å². The number of nitrogens with zero attached hydrogens (tertiary/aromatic N) is 5. The molecule has 0 aliphatic carbocycles. The lowest BCUT2D eigenvalue weighted by molar-refractivity contribution is 0.0663. The van der Waals surface area contributed by atoms with Gasteiger partial charge in [0.25, 0.3) is 0 Å². The minimum Gasteiger partial charge on any atom is -0.390 e. The molecular formula is C14H21N5O. The topological polar surface area (TPSA) is 67.1 Å². The van der Waals surface area contributed by atoms with E-state index in [1.165, 1.54) is 0 Å². The van der Waals surface area contributed by atoms with E-state index in [1.54, 1.807) is 32.4 Å². The van der Waals surface area contributed by atoms with Crippen molar-refractivity contribution in [2.75, 3.05) is 19.0 Å². The van der Waals surface area contributed by atoms with Gasteiger partial charge in [-0.15, -0.1) is 0 Å². The molecule has 0 aliphatic heterocycles. The van der Waals surface area contributed by atoms with Crippen molar-refractivity contribution in [3.63, 3.8) is 0 Å². The summed E-state index contributed by atoms with van der Waals surface area (Å²) in [4.78, 5) is 14.8. The smallest absolute Gasteiger partial charge is 0.224 e. The molecule has 0 saturated heterocycles. The predicted octanol–water partition coefficient (Wildman–Crippen LogP) is 1.57. The molecule has 0 radical (unpaired) electrons. The first-order valence-corrected chi connectivity index (χ1v) is 6.60. The maximum atomic E-state index is 9.81. The largest absolute Gasteiger partial charge is 0.390 e. The van der Waals surface area contributed by atoms with E-state index in [0.717, 1.165) is 11.4 Å². The molecule has 2 aromatic heterocycles. The Balaban J connectivity index is 2.19. The van der Waals surface area contributed by atoms with Gasteiger partial charge in [0, 0.05) is 45.4 Å². The summed E-state index contributed by atoms with van der Waals surface area (Å²) < 4.78 is 2.01. The van der Waals surface area contributed by atoms with Gasteiger partial charge in [-0.1, -0.05) is 0 Å². The molecule has 0 fully saturated rings. The quantitative estimate of drug-likeness (QED) is 0.897. The lowest BCUT2D eigenvalue weighted by Gasteiger charge is -2.18. The van der Waals surface area contributed by atoms with Crippen LogP contribution in [0.2, 0.25) is 0 Å². The lowest BCUT2D eigenvalue weighted by Crippen LogP contribution is -2.21. The number of rotatable bonds is 5. The van der Waals surface area contributed by atoms with E-state index in [4.69, 9.17) is 0 Å². The van der Waals surface area contributed by atoms with Gasteiger partial charge in [0.1, 0.15) is 5.82 Å². The fourth-order valence-corrected chi connectivity index (χ4v) is 1.81. The summed E-state index contributed by atoms with van der Waals surface area (Å²) in [5.41, 5.74) is 0.184. The molecule has 0 amide bonds. The number of hydrogen-bond donors (Lipinski definition) is 1. The molecule has 0 bridgehead atoms. The molecule has 20 heavy (non-hydrogen) atoms. The minimum atomic E-state index is -0.688. The summed E-state index contributed by atoms with van der Waals surface area (Å²) in [7, 11) is 3.80. The number of anilines is 1. The summed E-state index contributed by atoms with van der Waals surface area (Å²) >= 11 is 0. The SMILES string of the molecule is CN(C)c1ncc(-c2nccn2CCC(C)(C)O)cn1. The van der Waals surface area contributed by atoms with Crippen LogP contribution in [0.25, 0.3) is 11.4 Å². The van der Waals surface area contributed by atoms with Crippen LogP contribution >= 0.6 is 0 Å². The monoisotopic (exact) mass is 275 g/mol. The van der Waals surface area contributed by atoms with Crippen LogP contribution in [-0.2, 0) is 6.54 Å². The Morgan fingerprint density at radius 1 is 1.20 bits per heavy atom. The highest BCUT2D eigenvalue weighted by Crippen LogP contribution is 2.18. The third kappa shape index (κ3) is 3.54. The van der Waals surface area contributed by atoms with Crippen LogP contribution < -0.4 is 4.90 Å². The average Bonchev–Trinajstić information content (AvgIpc) is 2.84. The van der Waals surface area contributed by atoms with Gasteiger partial charge in [-0.25, -0.2) is 15.0 Å². The first kappa shape index (κ1) is 14.5. The summed E-state index contributed by atoms with van der Waals surface area (Å²) in [6, 6.07) is 0. The van der Waals surface area contributed by atoms with Crippen molar-refractivity contribution in [2.45, 2.75) is 32.4 Å². The van der Waals surface area contributed by atoms with Crippen molar-refractivity contribution in [1.29, 1.82) is 0 Å². The van der Waals surface area contributed by atoms with E-state index >= 15 is 0 Å². The van der Waals surface area contributed by atoms with Gasteiger partial charge in [-0.3, -0.25) is 0 Å². The van der Waals surface area contributed by atoms with Crippen LogP contribution in [0.5, 0.6) is 0 Å². The van der Waals surface area contributed by atoms with E-state index in [0.29, 0.717) is 18.9 Å². The van der Waals surface area contributed by atoms with Crippen molar-refractivity contribution < 1.29 is 5.11 Å². The summed E-state index contributed by atoms with van der Waals surface area (Å²) in [6.07, 6.45) is 7.85. The second-order valence-corrected chi connectivity index (χ2v) is 5.67. The normalized spacial score (nSPS) is 11.7. The first-order valence-electron chi connectivity index (χ1n) is 6.60. The highest BCUT2D eigenvalue weighted by Gasteiger charge is 2.14. The molecule has 108 valence electrons. The molecule has 2 aromatic rings. The van der Waals surface area contributed by atoms with Gasteiger partial charge in [-0.2, -0.15) is 0 Å². The lowest BCUT2D eigenvalue weighted by atomic mass is 10.1. The third-order valence-corrected chi connectivity index (χ3v) is 2.98. The third-order valence-electron chi connectivity index (χ3n) is 2.98. The van der Waals surface area contributed by atoms with Crippen LogP contribution in [0.4, 0.5) is 5.95 Å². The summed E-state index contributed by atoms with van der Waals surface area (Å²) in [6.45, 7) is 4.31. The number of hydrogen-bond acceptors (Lipinski definition) is 5. The van der Waals surface area contributed by atoms with Crippen LogP contribution in [0.3, 0.4) is 0 Å². The molecule has 1 N–H and O–H groups in total. The Morgan fingerprint density at radius 3 is 2.40 bits per heavy atom. The number of aryl methyl sites for hydroxylation is 1. The van der Waals surface area contributed by atoms with Crippen molar-refractivity contribution in [2.24, 2.45) is 0 Å². The average molecular weight is 275 g/mol. The van der Waals surface area contributed by atoms with Crippen molar-refractivity contribution >= 4 is 5.95 Å². The highest BCUT2D eigenvalue weighted by molar-refractivity contribution is 5.53. The Morgan fingerprint density at radius 2 is 1.85 bits per heavy atom. The minimum absolute atomic E-state index is 0.660. The fraction of sp³-hybridized carbons (Fsp3) is 0.500. The zero-order valence-electron chi connectivity index (χ0n) is 12.4. The Labute approximate surface area is 119 Å². The van der Waals surface area contributed by atoms with Gasteiger partial charge in [0.05, 0.1) is 11.2 Å². The molecule has 0 aliphatic rings. The van der Waals surface area contributed by atoms with E-state index in [2.05, 4.69) is 15.0 Å². The molecule has 0 atom stereocenters. The van der Waals surface area contributed by atoms with Gasteiger partial charge in [0.15, 0.2) is 0 Å². The molecule has 6 heteroatoms. The first-order chi connectivity index (χ1) is 9.37. The van der Waals surface area contributed by atoms with Crippen LogP contribution in [0.1, 0.15) is 20.3 Å². The molecule has 0 unspecified atom stereocenters. The van der Waals surface area contributed by atoms with Gasteiger partial charge < -0.3 is 14.6 Å². The van der Waals surface area contributed by atoms with Crippen molar-refractivity contribution in [1.82, 2.24) is 19.5 Å². The number of aliphatic hydroxyl groups is 1. The second kappa shape index (κ2) is 5.58. The van der Waals surface area contributed by atoms with Crippen LogP contribution in [-0.4, -0.2) is 44.3 Å². The predicted molar refractivity (Wildman–Crippen MR) is 78.5 cm³/mol.